The highest BCUT2D eigenvalue weighted by atomic mass is 32.2. The minimum absolute atomic E-state index is 0.0186. The molecule has 1 aromatic carbocycles. The summed E-state index contributed by atoms with van der Waals surface area (Å²) in [6, 6.07) is 8.98. The quantitative estimate of drug-likeness (QED) is 0.905. The van der Waals surface area contributed by atoms with Crippen molar-refractivity contribution >= 4 is 23.6 Å². The van der Waals surface area contributed by atoms with Crippen LogP contribution in [0.2, 0.25) is 0 Å². The number of nitrogens with zero attached hydrogens (tertiary/aromatic N) is 1. The Hall–Kier alpha value is -1.49. The number of benzene rings is 1. The molecule has 4 nitrogen and oxygen atoms in total. The highest BCUT2D eigenvalue weighted by molar-refractivity contribution is 7.98. The first-order valence-electron chi connectivity index (χ1n) is 7.30. The largest absolute Gasteiger partial charge is 0.343 e. The van der Waals surface area contributed by atoms with E-state index in [0.717, 1.165) is 25.3 Å². The van der Waals surface area contributed by atoms with Crippen molar-refractivity contribution in [2.24, 2.45) is 5.92 Å². The van der Waals surface area contributed by atoms with Crippen molar-refractivity contribution in [3.8, 4) is 0 Å². The van der Waals surface area contributed by atoms with Crippen molar-refractivity contribution < 1.29 is 9.59 Å². The van der Waals surface area contributed by atoms with E-state index < -0.39 is 0 Å². The summed E-state index contributed by atoms with van der Waals surface area (Å²) < 4.78 is 0. The second kappa shape index (κ2) is 8.08. The van der Waals surface area contributed by atoms with E-state index in [-0.39, 0.29) is 18.4 Å². The summed E-state index contributed by atoms with van der Waals surface area (Å²) in [5.41, 5.74) is 0.587. The molecule has 0 saturated carbocycles. The molecule has 2 rings (SSSR count). The predicted octanol–water partition coefficient (Wildman–Crippen LogP) is 2.02. The Morgan fingerprint density at radius 3 is 2.81 bits per heavy atom. The summed E-state index contributed by atoms with van der Waals surface area (Å²) in [7, 11) is 0. The second-order valence-electron chi connectivity index (χ2n) is 5.35. The van der Waals surface area contributed by atoms with E-state index in [9.17, 15) is 9.59 Å². The number of thioether (sulfide) groups is 1. The van der Waals surface area contributed by atoms with E-state index in [2.05, 4.69) is 11.6 Å². The molecule has 2 amide bonds. The van der Waals surface area contributed by atoms with Gasteiger partial charge in [-0.25, -0.2) is 0 Å². The minimum Gasteiger partial charge on any atom is -0.343 e. The molecule has 5 heteroatoms. The lowest BCUT2D eigenvalue weighted by Crippen LogP contribution is -2.45. The first-order chi connectivity index (χ1) is 10.2. The normalized spacial score (nSPS) is 18.3. The van der Waals surface area contributed by atoms with Crippen molar-refractivity contribution in [3.05, 3.63) is 35.9 Å². The highest BCUT2D eigenvalue weighted by Gasteiger charge is 2.23. The van der Waals surface area contributed by atoms with Crippen molar-refractivity contribution in [1.29, 1.82) is 0 Å². The topological polar surface area (TPSA) is 49.4 Å². The molecule has 1 heterocycles. The van der Waals surface area contributed by atoms with Gasteiger partial charge in [0.2, 0.25) is 5.91 Å². The minimum atomic E-state index is -0.193. The third-order valence-corrected chi connectivity index (χ3v) is 4.51. The monoisotopic (exact) mass is 306 g/mol. The van der Waals surface area contributed by atoms with Gasteiger partial charge in [-0.15, -0.1) is 0 Å². The van der Waals surface area contributed by atoms with E-state index in [1.165, 1.54) is 6.42 Å². The van der Waals surface area contributed by atoms with E-state index >= 15 is 0 Å². The predicted molar refractivity (Wildman–Crippen MR) is 86.5 cm³/mol. The zero-order chi connectivity index (χ0) is 15.1. The molecule has 1 unspecified atom stereocenters. The molecule has 1 aliphatic rings. The number of likely N-dealkylation sites (tertiary alicyclic amines) is 1. The van der Waals surface area contributed by atoms with Crippen LogP contribution in [-0.2, 0) is 4.79 Å². The number of carbonyl (C=O) groups excluding carboxylic acids is 2. The second-order valence-corrected chi connectivity index (χ2v) is 6.26. The molecule has 0 bridgehead atoms. The van der Waals surface area contributed by atoms with Crippen molar-refractivity contribution in [1.82, 2.24) is 10.2 Å². The molecule has 1 N–H and O–H groups in total. The number of hydrogen-bond acceptors (Lipinski definition) is 3. The number of hydrogen-bond donors (Lipinski definition) is 1. The SMILES string of the molecule is CSCC1CCCN(C(=O)CNC(=O)c2ccccc2)C1. The van der Waals surface area contributed by atoms with Gasteiger partial charge in [0, 0.05) is 18.7 Å². The molecule has 0 aliphatic carbocycles. The van der Waals surface area contributed by atoms with Crippen LogP contribution < -0.4 is 5.32 Å². The number of piperidine rings is 1. The molecule has 0 aromatic heterocycles. The van der Waals surface area contributed by atoms with Crippen LogP contribution in [0.1, 0.15) is 23.2 Å². The van der Waals surface area contributed by atoms with Crippen LogP contribution in [0.5, 0.6) is 0 Å². The summed E-state index contributed by atoms with van der Waals surface area (Å²) >= 11 is 1.83. The number of carbonyl (C=O) groups is 2. The molecule has 1 fully saturated rings. The molecule has 21 heavy (non-hydrogen) atoms. The fourth-order valence-corrected chi connectivity index (χ4v) is 3.37. The van der Waals surface area contributed by atoms with Gasteiger partial charge >= 0.3 is 0 Å². The van der Waals surface area contributed by atoms with Gasteiger partial charge in [-0.1, -0.05) is 18.2 Å². The van der Waals surface area contributed by atoms with Gasteiger partial charge in [0.05, 0.1) is 6.54 Å². The molecule has 1 saturated heterocycles. The third-order valence-electron chi connectivity index (χ3n) is 3.71. The summed E-state index contributed by atoms with van der Waals surface area (Å²) in [5, 5.41) is 2.71. The number of nitrogens with one attached hydrogen (secondary N) is 1. The molecule has 1 aromatic rings. The molecule has 0 spiro atoms. The fourth-order valence-electron chi connectivity index (χ4n) is 2.62. The lowest BCUT2D eigenvalue weighted by atomic mass is 10.00. The van der Waals surface area contributed by atoms with Gasteiger partial charge in [-0.3, -0.25) is 9.59 Å². The zero-order valence-electron chi connectivity index (χ0n) is 12.4. The van der Waals surface area contributed by atoms with Crippen LogP contribution >= 0.6 is 11.8 Å². The van der Waals surface area contributed by atoms with E-state index in [1.54, 1.807) is 12.1 Å². The summed E-state index contributed by atoms with van der Waals surface area (Å²) in [5.74, 6) is 1.51. The average molecular weight is 306 g/mol. The standard InChI is InChI=1S/C16H22N2O2S/c1-21-12-13-6-5-9-18(11-13)15(19)10-17-16(20)14-7-3-2-4-8-14/h2-4,7-8,13H,5-6,9-12H2,1H3,(H,17,20). The van der Waals surface area contributed by atoms with Gasteiger partial charge in [0.15, 0.2) is 0 Å². The molecule has 114 valence electrons. The first-order valence-corrected chi connectivity index (χ1v) is 8.70. The zero-order valence-corrected chi connectivity index (χ0v) is 13.2. The van der Waals surface area contributed by atoms with Crippen LogP contribution in [0.4, 0.5) is 0 Å². The molecular formula is C16H22N2O2S. The lowest BCUT2D eigenvalue weighted by Gasteiger charge is -2.32. The summed E-state index contributed by atoms with van der Waals surface area (Å²) in [6.07, 6.45) is 4.35. The Kier molecular flexibility index (Phi) is 6.11. The average Bonchev–Trinajstić information content (AvgIpc) is 2.53. The van der Waals surface area contributed by atoms with E-state index in [0.29, 0.717) is 11.5 Å². The maximum Gasteiger partial charge on any atom is 0.251 e. The van der Waals surface area contributed by atoms with Gasteiger partial charge in [-0.05, 0) is 42.9 Å². The van der Waals surface area contributed by atoms with E-state index in [4.69, 9.17) is 0 Å². The Morgan fingerprint density at radius 1 is 1.33 bits per heavy atom. The van der Waals surface area contributed by atoms with Gasteiger partial charge in [0.25, 0.3) is 5.91 Å². The third kappa shape index (κ3) is 4.77. The summed E-state index contributed by atoms with van der Waals surface area (Å²) in [4.78, 5) is 26.0. The van der Waals surface area contributed by atoms with Crippen molar-refractivity contribution in [2.75, 3.05) is 31.6 Å². The van der Waals surface area contributed by atoms with Crippen LogP contribution in [0.3, 0.4) is 0 Å². The number of rotatable bonds is 5. The molecule has 0 radical (unpaired) electrons. The lowest BCUT2D eigenvalue weighted by molar-refractivity contribution is -0.131. The smallest absolute Gasteiger partial charge is 0.251 e. The molecule has 1 aliphatic heterocycles. The van der Waals surface area contributed by atoms with Gasteiger partial charge in [0.1, 0.15) is 0 Å². The Bertz CT molecular complexity index is 476. The Morgan fingerprint density at radius 2 is 2.10 bits per heavy atom. The fraction of sp³-hybridized carbons (Fsp3) is 0.500. The van der Waals surface area contributed by atoms with Crippen LogP contribution in [0, 0.1) is 5.92 Å². The van der Waals surface area contributed by atoms with E-state index in [1.807, 2.05) is 34.9 Å². The van der Waals surface area contributed by atoms with Crippen LogP contribution in [-0.4, -0.2) is 48.4 Å². The van der Waals surface area contributed by atoms with Crippen molar-refractivity contribution in [3.63, 3.8) is 0 Å². The Labute approximate surface area is 130 Å². The van der Waals surface area contributed by atoms with Crippen LogP contribution in [0.25, 0.3) is 0 Å². The number of amides is 2. The maximum absolute atomic E-state index is 12.2. The summed E-state index contributed by atoms with van der Waals surface area (Å²) in [6.45, 7) is 1.71. The van der Waals surface area contributed by atoms with Gasteiger partial charge < -0.3 is 10.2 Å². The molecular weight excluding hydrogens is 284 g/mol. The molecule has 1 atom stereocenters. The van der Waals surface area contributed by atoms with Crippen molar-refractivity contribution in [2.45, 2.75) is 12.8 Å². The maximum atomic E-state index is 12.2. The highest BCUT2D eigenvalue weighted by Crippen LogP contribution is 2.19. The van der Waals surface area contributed by atoms with Gasteiger partial charge in [-0.2, -0.15) is 11.8 Å². The Balaban J connectivity index is 1.80. The van der Waals surface area contributed by atoms with Crippen LogP contribution in [0.15, 0.2) is 30.3 Å². The first kappa shape index (κ1) is 15.9.